The highest BCUT2D eigenvalue weighted by Crippen LogP contribution is 2.61. The van der Waals surface area contributed by atoms with E-state index < -0.39 is 8.32 Å². The molecular weight excluding hydrogens is 200 g/mol. The maximum absolute atomic E-state index is 6.20. The molecule has 2 bridgehead atoms. The van der Waals surface area contributed by atoms with Gasteiger partial charge in [-0.3, -0.25) is 0 Å². The van der Waals surface area contributed by atoms with Crippen LogP contribution in [0.15, 0.2) is 11.3 Å². The second-order valence-electron chi connectivity index (χ2n) is 6.83. The minimum atomic E-state index is -1.40. The van der Waals surface area contributed by atoms with E-state index >= 15 is 0 Å². The summed E-state index contributed by atoms with van der Waals surface area (Å²) in [5, 5.41) is 0. The van der Waals surface area contributed by atoms with Gasteiger partial charge in [0.1, 0.15) is 0 Å². The lowest BCUT2D eigenvalue weighted by molar-refractivity contribution is -0.0216. The molecule has 0 aromatic heterocycles. The van der Waals surface area contributed by atoms with E-state index in [1.165, 1.54) is 18.6 Å². The molecule has 1 fully saturated rings. The number of hydrogen-bond donors (Lipinski definition) is 0. The van der Waals surface area contributed by atoms with E-state index in [-0.39, 0.29) is 0 Å². The van der Waals surface area contributed by atoms with Gasteiger partial charge in [-0.15, -0.1) is 0 Å². The zero-order valence-electron chi connectivity index (χ0n) is 11.0. The molecule has 0 saturated heterocycles. The van der Waals surface area contributed by atoms with Crippen LogP contribution in [0.4, 0.5) is 0 Å². The normalized spacial score (nSPS) is 33.7. The molecule has 15 heavy (non-hydrogen) atoms. The molecule has 0 amide bonds. The highest BCUT2D eigenvalue weighted by Gasteiger charge is 2.53. The third-order valence-corrected chi connectivity index (χ3v) is 5.15. The second-order valence-corrected chi connectivity index (χ2v) is 11.3. The third kappa shape index (κ3) is 1.77. The molecule has 0 spiro atoms. The van der Waals surface area contributed by atoms with Gasteiger partial charge in [-0.05, 0) is 55.8 Å². The first-order valence-corrected chi connectivity index (χ1v) is 9.51. The van der Waals surface area contributed by atoms with Crippen molar-refractivity contribution >= 4 is 8.32 Å². The van der Waals surface area contributed by atoms with Crippen LogP contribution >= 0.6 is 0 Å². The van der Waals surface area contributed by atoms with Gasteiger partial charge in [0, 0.05) is 6.42 Å². The number of allylic oxidation sites excluding steroid dienone is 2. The summed E-state index contributed by atoms with van der Waals surface area (Å²) >= 11 is 0. The van der Waals surface area contributed by atoms with Gasteiger partial charge in [0.15, 0.2) is 0 Å². The van der Waals surface area contributed by atoms with Crippen LogP contribution in [0.25, 0.3) is 0 Å². The van der Waals surface area contributed by atoms with Crippen molar-refractivity contribution in [1.82, 2.24) is 0 Å². The van der Waals surface area contributed by atoms with Crippen molar-refractivity contribution in [3.63, 3.8) is 0 Å². The van der Waals surface area contributed by atoms with Crippen LogP contribution in [0.3, 0.4) is 0 Å². The molecule has 3 aliphatic carbocycles. The summed E-state index contributed by atoms with van der Waals surface area (Å²) in [6, 6.07) is 0. The average molecular weight is 224 g/mol. The Morgan fingerprint density at radius 2 is 1.87 bits per heavy atom. The molecule has 0 radical (unpaired) electrons. The van der Waals surface area contributed by atoms with Crippen molar-refractivity contribution in [2.75, 3.05) is 0 Å². The zero-order chi connectivity index (χ0) is 11.4. The van der Waals surface area contributed by atoms with Crippen molar-refractivity contribution in [2.24, 2.45) is 17.3 Å². The van der Waals surface area contributed by atoms with E-state index in [2.05, 4.69) is 40.4 Å². The highest BCUT2D eigenvalue weighted by molar-refractivity contribution is 6.70. The maximum Gasteiger partial charge on any atom is 0.241 e. The highest BCUT2D eigenvalue weighted by atomic mass is 28.4. The Labute approximate surface area is 95.0 Å². The van der Waals surface area contributed by atoms with E-state index in [9.17, 15) is 0 Å². The van der Waals surface area contributed by atoms with Crippen molar-refractivity contribution < 1.29 is 4.43 Å². The van der Waals surface area contributed by atoms with E-state index in [4.69, 9.17) is 4.43 Å². The van der Waals surface area contributed by atoms with Crippen molar-refractivity contribution in [3.05, 3.63) is 11.3 Å². The van der Waals surface area contributed by atoms with Crippen molar-refractivity contribution in [1.29, 1.82) is 0 Å². The van der Waals surface area contributed by atoms with Gasteiger partial charge in [0.25, 0.3) is 0 Å². The molecule has 2 unspecified atom stereocenters. The Morgan fingerprint density at radius 3 is 2.27 bits per heavy atom. The maximum atomic E-state index is 6.20. The molecule has 1 saturated carbocycles. The Morgan fingerprint density at radius 1 is 1.27 bits per heavy atom. The molecule has 1 nitrogen and oxygen atoms in total. The van der Waals surface area contributed by atoms with E-state index in [1.54, 1.807) is 5.57 Å². The van der Waals surface area contributed by atoms with Crippen molar-refractivity contribution in [2.45, 2.75) is 53.3 Å². The molecule has 0 N–H and O–H groups in total. The molecule has 2 heteroatoms. The van der Waals surface area contributed by atoms with Crippen LogP contribution in [0.1, 0.15) is 33.6 Å². The smallest absolute Gasteiger partial charge is 0.241 e. The van der Waals surface area contributed by atoms with Gasteiger partial charge in [-0.1, -0.05) is 13.8 Å². The largest absolute Gasteiger partial charge is 0.547 e. The Hall–Kier alpha value is -0.243. The molecule has 2 atom stereocenters. The summed E-state index contributed by atoms with van der Waals surface area (Å²) in [7, 11) is -1.40. The quantitative estimate of drug-likeness (QED) is 0.639. The van der Waals surface area contributed by atoms with Crippen LogP contribution < -0.4 is 0 Å². The minimum Gasteiger partial charge on any atom is -0.547 e. The molecule has 3 aliphatic rings. The number of hydrogen-bond acceptors (Lipinski definition) is 1. The molecule has 0 aliphatic heterocycles. The summed E-state index contributed by atoms with van der Waals surface area (Å²) in [6.45, 7) is 14.0. The molecule has 0 aromatic carbocycles. The Kier molecular flexibility index (Phi) is 2.34. The van der Waals surface area contributed by atoms with Crippen LogP contribution in [0, 0.1) is 17.3 Å². The number of rotatable bonds is 2. The lowest BCUT2D eigenvalue weighted by Crippen LogP contribution is -2.49. The monoisotopic (exact) mass is 224 g/mol. The minimum absolute atomic E-state index is 0.538. The van der Waals surface area contributed by atoms with Crippen LogP contribution in [0.5, 0.6) is 0 Å². The van der Waals surface area contributed by atoms with Gasteiger partial charge >= 0.3 is 0 Å². The predicted molar refractivity (Wildman–Crippen MR) is 67.1 cm³/mol. The van der Waals surface area contributed by atoms with Crippen LogP contribution in [0.2, 0.25) is 19.6 Å². The summed E-state index contributed by atoms with van der Waals surface area (Å²) in [6.07, 6.45) is 2.59. The fourth-order valence-corrected chi connectivity index (χ4v) is 4.15. The first-order chi connectivity index (χ1) is 6.72. The van der Waals surface area contributed by atoms with E-state index in [0.717, 1.165) is 11.8 Å². The lowest BCUT2D eigenvalue weighted by Gasteiger charge is -2.57. The summed E-state index contributed by atoms with van der Waals surface area (Å²) < 4.78 is 6.20. The lowest BCUT2D eigenvalue weighted by atomic mass is 9.49. The summed E-state index contributed by atoms with van der Waals surface area (Å²) in [5.74, 6) is 3.01. The second kappa shape index (κ2) is 3.13. The van der Waals surface area contributed by atoms with Crippen LogP contribution in [-0.4, -0.2) is 8.32 Å². The molecule has 86 valence electrons. The molecule has 3 rings (SSSR count). The summed E-state index contributed by atoms with van der Waals surface area (Å²) in [5.41, 5.74) is 2.08. The molecular formula is C13H24OSi. The Balaban J connectivity index is 2.19. The van der Waals surface area contributed by atoms with Crippen molar-refractivity contribution in [3.8, 4) is 0 Å². The van der Waals surface area contributed by atoms with Gasteiger partial charge in [-0.25, -0.2) is 0 Å². The fourth-order valence-electron chi connectivity index (χ4n) is 3.17. The standard InChI is InChI=1S/C13H24OSi/c1-9-11-7-10(13(11,2)3)8-12(9)14-15(4,5)6/h10-11H,7-8H2,1-6H3. The van der Waals surface area contributed by atoms with Gasteiger partial charge < -0.3 is 4.43 Å². The Bertz CT molecular complexity index is 309. The SMILES string of the molecule is CC1=C(O[Si](C)(C)C)CC2CC1C2(C)C. The topological polar surface area (TPSA) is 9.23 Å². The molecule has 0 aromatic rings. The van der Waals surface area contributed by atoms with Crippen LogP contribution in [-0.2, 0) is 4.43 Å². The van der Waals surface area contributed by atoms with E-state index in [1.807, 2.05) is 0 Å². The average Bonchev–Trinajstić information content (AvgIpc) is 2.05. The zero-order valence-corrected chi connectivity index (χ0v) is 12.0. The van der Waals surface area contributed by atoms with Gasteiger partial charge in [0.05, 0.1) is 5.76 Å². The predicted octanol–water partition coefficient (Wildman–Crippen LogP) is 4.18. The first kappa shape index (κ1) is 11.2. The third-order valence-electron chi connectivity index (χ3n) is 4.29. The first-order valence-electron chi connectivity index (χ1n) is 6.10. The van der Waals surface area contributed by atoms with Gasteiger partial charge in [-0.2, -0.15) is 0 Å². The fraction of sp³-hybridized carbons (Fsp3) is 0.846. The molecule has 0 heterocycles. The van der Waals surface area contributed by atoms with E-state index in [0.29, 0.717) is 5.41 Å². The summed E-state index contributed by atoms with van der Waals surface area (Å²) in [4.78, 5) is 0. The van der Waals surface area contributed by atoms with Gasteiger partial charge in [0.2, 0.25) is 8.32 Å². The number of fused-ring (bicyclic) bond motifs is 1.